The molecule has 0 fully saturated rings. The van der Waals surface area contributed by atoms with Crippen LogP contribution in [0.2, 0.25) is 0 Å². The fraction of sp³-hybridized carbons (Fsp3) is 0.500. The SMILES string of the molecule is CCc1ccc(-c2noc(C(CC)C(C)NC)n2)cc1. The fourth-order valence-corrected chi connectivity index (χ4v) is 2.34. The van der Waals surface area contributed by atoms with Crippen LogP contribution in [-0.4, -0.2) is 23.2 Å². The molecule has 20 heavy (non-hydrogen) atoms. The molecule has 0 amide bonds. The van der Waals surface area contributed by atoms with Gasteiger partial charge in [0.1, 0.15) is 0 Å². The molecular weight excluding hydrogens is 250 g/mol. The van der Waals surface area contributed by atoms with Gasteiger partial charge in [0.15, 0.2) is 0 Å². The van der Waals surface area contributed by atoms with Gasteiger partial charge in [-0.3, -0.25) is 0 Å². The average molecular weight is 273 g/mol. The van der Waals surface area contributed by atoms with Crippen LogP contribution >= 0.6 is 0 Å². The van der Waals surface area contributed by atoms with Gasteiger partial charge in [0.2, 0.25) is 11.7 Å². The monoisotopic (exact) mass is 273 g/mol. The minimum Gasteiger partial charge on any atom is -0.339 e. The zero-order chi connectivity index (χ0) is 14.5. The Bertz CT molecular complexity index is 533. The van der Waals surface area contributed by atoms with Crippen molar-refractivity contribution >= 4 is 0 Å². The lowest BCUT2D eigenvalue weighted by atomic mass is 9.98. The highest BCUT2D eigenvalue weighted by Gasteiger charge is 2.22. The van der Waals surface area contributed by atoms with E-state index in [-0.39, 0.29) is 5.92 Å². The van der Waals surface area contributed by atoms with Gasteiger partial charge in [0.05, 0.1) is 5.92 Å². The van der Waals surface area contributed by atoms with E-state index in [4.69, 9.17) is 4.52 Å². The first-order valence-electron chi connectivity index (χ1n) is 7.29. The van der Waals surface area contributed by atoms with E-state index in [1.165, 1.54) is 5.56 Å². The second-order valence-electron chi connectivity index (χ2n) is 5.10. The lowest BCUT2D eigenvalue weighted by molar-refractivity contribution is 0.322. The summed E-state index contributed by atoms with van der Waals surface area (Å²) in [5.74, 6) is 1.63. The van der Waals surface area contributed by atoms with Crippen LogP contribution in [0.5, 0.6) is 0 Å². The van der Waals surface area contributed by atoms with Crippen molar-refractivity contribution in [2.24, 2.45) is 0 Å². The molecule has 108 valence electrons. The minimum atomic E-state index is 0.246. The molecule has 0 spiro atoms. The van der Waals surface area contributed by atoms with E-state index < -0.39 is 0 Å². The molecule has 0 saturated carbocycles. The molecular formula is C16H23N3O. The average Bonchev–Trinajstić information content (AvgIpc) is 2.97. The van der Waals surface area contributed by atoms with Crippen molar-refractivity contribution in [1.82, 2.24) is 15.5 Å². The van der Waals surface area contributed by atoms with Crippen molar-refractivity contribution in [3.8, 4) is 11.4 Å². The lowest BCUT2D eigenvalue weighted by Crippen LogP contribution is -2.28. The number of aromatic nitrogens is 2. The molecule has 2 aromatic rings. The minimum absolute atomic E-state index is 0.246. The number of likely N-dealkylation sites (N-methyl/N-ethyl adjacent to an activating group) is 1. The zero-order valence-corrected chi connectivity index (χ0v) is 12.7. The molecule has 2 unspecified atom stereocenters. The summed E-state index contributed by atoms with van der Waals surface area (Å²) in [5.41, 5.74) is 2.32. The van der Waals surface area contributed by atoms with E-state index in [2.05, 4.69) is 60.5 Å². The molecule has 0 aliphatic rings. The van der Waals surface area contributed by atoms with Gasteiger partial charge in [-0.05, 0) is 32.4 Å². The molecule has 1 aromatic carbocycles. The number of aryl methyl sites for hydroxylation is 1. The Morgan fingerprint density at radius 1 is 1.20 bits per heavy atom. The Labute approximate surface area is 120 Å². The van der Waals surface area contributed by atoms with E-state index >= 15 is 0 Å². The summed E-state index contributed by atoms with van der Waals surface area (Å²) in [6, 6.07) is 8.64. The van der Waals surface area contributed by atoms with Crippen molar-refractivity contribution < 1.29 is 4.52 Å². The van der Waals surface area contributed by atoms with Crippen molar-refractivity contribution in [3.63, 3.8) is 0 Å². The summed E-state index contributed by atoms with van der Waals surface area (Å²) in [6.45, 7) is 6.42. The van der Waals surface area contributed by atoms with Crippen molar-refractivity contribution in [2.45, 2.75) is 45.6 Å². The number of hydrogen-bond acceptors (Lipinski definition) is 4. The third-order valence-corrected chi connectivity index (χ3v) is 3.88. The standard InChI is InChI=1S/C16H23N3O/c1-5-12-7-9-13(10-8-12)15-18-16(20-19-15)14(6-2)11(3)17-4/h7-11,14,17H,5-6H2,1-4H3. The van der Waals surface area contributed by atoms with Gasteiger partial charge in [-0.2, -0.15) is 4.98 Å². The van der Waals surface area contributed by atoms with E-state index in [0.717, 1.165) is 18.4 Å². The summed E-state index contributed by atoms with van der Waals surface area (Å²) >= 11 is 0. The van der Waals surface area contributed by atoms with E-state index in [1.54, 1.807) is 0 Å². The number of benzene rings is 1. The van der Waals surface area contributed by atoms with Gasteiger partial charge in [-0.25, -0.2) is 0 Å². The molecule has 0 aliphatic carbocycles. The van der Waals surface area contributed by atoms with E-state index in [9.17, 15) is 0 Å². The van der Waals surface area contributed by atoms with Crippen molar-refractivity contribution in [1.29, 1.82) is 0 Å². The Morgan fingerprint density at radius 3 is 2.45 bits per heavy atom. The van der Waals surface area contributed by atoms with Gasteiger partial charge >= 0.3 is 0 Å². The summed E-state index contributed by atoms with van der Waals surface area (Å²) in [5, 5.41) is 7.36. The molecule has 0 saturated heterocycles. The third kappa shape index (κ3) is 3.07. The Balaban J connectivity index is 2.22. The van der Waals surface area contributed by atoms with Crippen LogP contribution < -0.4 is 5.32 Å². The van der Waals surface area contributed by atoms with Crippen LogP contribution in [0, 0.1) is 0 Å². The number of rotatable bonds is 6. The summed E-state index contributed by atoms with van der Waals surface area (Å²) in [7, 11) is 1.95. The van der Waals surface area contributed by atoms with Crippen LogP contribution in [0.15, 0.2) is 28.8 Å². The van der Waals surface area contributed by atoms with Gasteiger partial charge in [0.25, 0.3) is 0 Å². The zero-order valence-electron chi connectivity index (χ0n) is 12.7. The predicted molar refractivity (Wildman–Crippen MR) is 80.7 cm³/mol. The van der Waals surface area contributed by atoms with Gasteiger partial charge in [-0.15, -0.1) is 0 Å². The molecule has 1 aromatic heterocycles. The Kier molecular flexibility index (Phi) is 4.90. The van der Waals surface area contributed by atoms with E-state index in [1.807, 2.05) is 7.05 Å². The maximum atomic E-state index is 5.45. The highest BCUT2D eigenvalue weighted by Crippen LogP contribution is 2.24. The van der Waals surface area contributed by atoms with Crippen molar-refractivity contribution in [2.75, 3.05) is 7.05 Å². The molecule has 2 atom stereocenters. The molecule has 4 nitrogen and oxygen atoms in total. The third-order valence-electron chi connectivity index (χ3n) is 3.88. The number of hydrogen-bond donors (Lipinski definition) is 1. The Morgan fingerprint density at radius 2 is 1.90 bits per heavy atom. The second-order valence-corrected chi connectivity index (χ2v) is 5.10. The number of nitrogens with one attached hydrogen (secondary N) is 1. The first kappa shape index (κ1) is 14.7. The van der Waals surface area contributed by atoms with Crippen molar-refractivity contribution in [3.05, 3.63) is 35.7 Å². The summed E-state index contributed by atoms with van der Waals surface area (Å²) < 4.78 is 5.45. The van der Waals surface area contributed by atoms with Crippen LogP contribution in [0.1, 0.15) is 44.6 Å². The first-order chi connectivity index (χ1) is 9.69. The molecule has 1 N–H and O–H groups in total. The van der Waals surface area contributed by atoms with Gasteiger partial charge < -0.3 is 9.84 Å². The topological polar surface area (TPSA) is 51.0 Å². The van der Waals surface area contributed by atoms with Gasteiger partial charge in [0, 0.05) is 11.6 Å². The second kappa shape index (κ2) is 6.66. The van der Waals surface area contributed by atoms with Crippen LogP contribution in [0.4, 0.5) is 0 Å². The smallest absolute Gasteiger partial charge is 0.231 e. The first-order valence-corrected chi connectivity index (χ1v) is 7.29. The fourth-order valence-electron chi connectivity index (χ4n) is 2.34. The molecule has 4 heteroatoms. The van der Waals surface area contributed by atoms with E-state index in [0.29, 0.717) is 17.8 Å². The quantitative estimate of drug-likeness (QED) is 0.876. The highest BCUT2D eigenvalue weighted by atomic mass is 16.5. The summed E-state index contributed by atoms with van der Waals surface area (Å²) in [4.78, 5) is 4.56. The highest BCUT2D eigenvalue weighted by molar-refractivity contribution is 5.54. The van der Waals surface area contributed by atoms with Crippen LogP contribution in [0.25, 0.3) is 11.4 Å². The largest absolute Gasteiger partial charge is 0.339 e. The maximum Gasteiger partial charge on any atom is 0.231 e. The van der Waals surface area contributed by atoms with Crippen LogP contribution in [0.3, 0.4) is 0 Å². The molecule has 2 rings (SSSR count). The normalized spacial score (nSPS) is 14.2. The lowest BCUT2D eigenvalue weighted by Gasteiger charge is -2.17. The molecule has 0 bridgehead atoms. The summed E-state index contributed by atoms with van der Waals surface area (Å²) in [6.07, 6.45) is 2.01. The molecule has 1 heterocycles. The predicted octanol–water partition coefficient (Wildman–Crippen LogP) is 3.40. The number of nitrogens with zero attached hydrogens (tertiary/aromatic N) is 2. The maximum absolute atomic E-state index is 5.45. The Hall–Kier alpha value is -1.68. The van der Waals surface area contributed by atoms with Crippen LogP contribution in [-0.2, 0) is 6.42 Å². The molecule has 0 radical (unpaired) electrons. The molecule has 0 aliphatic heterocycles. The van der Waals surface area contributed by atoms with Gasteiger partial charge in [-0.1, -0.05) is 43.3 Å².